The molecule has 0 bridgehead atoms. The predicted octanol–water partition coefficient (Wildman–Crippen LogP) is 5.55. The first kappa shape index (κ1) is 24.7. The van der Waals surface area contributed by atoms with Gasteiger partial charge in [-0.1, -0.05) is 88.7 Å². The van der Waals surface area contributed by atoms with Crippen LogP contribution in [0.3, 0.4) is 0 Å². The summed E-state index contributed by atoms with van der Waals surface area (Å²) in [7, 11) is 0. The van der Waals surface area contributed by atoms with Crippen molar-refractivity contribution in [2.45, 2.75) is 51.7 Å². The summed E-state index contributed by atoms with van der Waals surface area (Å²) in [5.74, 6) is -0.157. The minimum Gasteiger partial charge on any atom is -0.352 e. The fraction of sp³-hybridized carbons (Fsp3) is 0.286. The van der Waals surface area contributed by atoms with Gasteiger partial charge in [-0.3, -0.25) is 9.59 Å². The van der Waals surface area contributed by atoms with E-state index in [1.54, 1.807) is 4.90 Å². The highest BCUT2D eigenvalue weighted by Gasteiger charge is 2.30. The summed E-state index contributed by atoms with van der Waals surface area (Å²) in [6, 6.07) is 27.1. The van der Waals surface area contributed by atoms with Crippen molar-refractivity contribution in [2.75, 3.05) is 0 Å². The van der Waals surface area contributed by atoms with Crippen molar-refractivity contribution in [1.82, 2.24) is 10.2 Å². The van der Waals surface area contributed by atoms with Crippen LogP contribution in [0.1, 0.15) is 37.0 Å². The number of benzene rings is 3. The van der Waals surface area contributed by atoms with E-state index in [0.29, 0.717) is 25.8 Å². The molecule has 172 valence electrons. The average Bonchev–Trinajstić information content (AvgIpc) is 2.80. The van der Waals surface area contributed by atoms with E-state index in [1.807, 2.05) is 98.8 Å². The molecule has 1 N–H and O–H groups in total. The Bertz CT molecular complexity index is 1040. The lowest BCUT2D eigenvalue weighted by atomic mass is 10.0. The lowest BCUT2D eigenvalue weighted by molar-refractivity contribution is -0.141. The van der Waals surface area contributed by atoms with Crippen molar-refractivity contribution in [1.29, 1.82) is 0 Å². The van der Waals surface area contributed by atoms with Crippen LogP contribution in [0, 0.1) is 0 Å². The Morgan fingerprint density at radius 1 is 0.848 bits per heavy atom. The zero-order valence-corrected chi connectivity index (χ0v) is 20.8. The van der Waals surface area contributed by atoms with Crippen molar-refractivity contribution >= 4 is 27.7 Å². The summed E-state index contributed by atoms with van der Waals surface area (Å²) in [6.45, 7) is 4.25. The largest absolute Gasteiger partial charge is 0.352 e. The fourth-order valence-corrected chi connectivity index (χ4v) is 4.25. The van der Waals surface area contributed by atoms with Gasteiger partial charge in [-0.2, -0.15) is 0 Å². The molecular weight excluding hydrogens is 476 g/mol. The first-order valence-corrected chi connectivity index (χ1v) is 12.1. The fourth-order valence-electron chi connectivity index (χ4n) is 3.81. The Kier molecular flexibility index (Phi) is 9.25. The van der Waals surface area contributed by atoms with Crippen LogP contribution in [0.4, 0.5) is 0 Å². The maximum atomic E-state index is 13.6. The van der Waals surface area contributed by atoms with Crippen LogP contribution in [-0.2, 0) is 29.0 Å². The van der Waals surface area contributed by atoms with Gasteiger partial charge in [-0.15, -0.1) is 0 Å². The van der Waals surface area contributed by atoms with Crippen molar-refractivity contribution < 1.29 is 9.59 Å². The van der Waals surface area contributed by atoms with E-state index in [2.05, 4.69) is 21.2 Å². The summed E-state index contributed by atoms with van der Waals surface area (Å²) in [5, 5.41) is 3.03. The molecule has 0 unspecified atom stereocenters. The molecule has 0 fully saturated rings. The third kappa shape index (κ3) is 7.86. The molecule has 1 atom stereocenters. The number of amides is 2. The number of hydrogen-bond acceptors (Lipinski definition) is 2. The molecule has 33 heavy (non-hydrogen) atoms. The molecule has 0 aromatic heterocycles. The maximum Gasteiger partial charge on any atom is 0.243 e. The normalized spacial score (nSPS) is 11.8. The summed E-state index contributed by atoms with van der Waals surface area (Å²) >= 11 is 3.52. The van der Waals surface area contributed by atoms with E-state index in [0.717, 1.165) is 21.2 Å². The van der Waals surface area contributed by atoms with Gasteiger partial charge in [-0.25, -0.2) is 0 Å². The number of carbonyl (C=O) groups is 2. The van der Waals surface area contributed by atoms with Crippen molar-refractivity contribution in [3.8, 4) is 0 Å². The number of aryl methyl sites for hydroxylation is 1. The highest BCUT2D eigenvalue weighted by molar-refractivity contribution is 9.10. The lowest BCUT2D eigenvalue weighted by Crippen LogP contribution is -2.51. The Labute approximate surface area is 205 Å². The first-order valence-electron chi connectivity index (χ1n) is 11.3. The topological polar surface area (TPSA) is 49.4 Å². The quantitative estimate of drug-likeness (QED) is 0.392. The smallest absolute Gasteiger partial charge is 0.243 e. The Hall–Kier alpha value is -2.92. The third-order valence-corrected chi connectivity index (χ3v) is 5.91. The van der Waals surface area contributed by atoms with Crippen molar-refractivity contribution in [3.63, 3.8) is 0 Å². The van der Waals surface area contributed by atoms with Crippen LogP contribution in [0.5, 0.6) is 0 Å². The maximum absolute atomic E-state index is 13.6. The molecule has 4 nitrogen and oxygen atoms in total. The number of rotatable bonds is 10. The van der Waals surface area contributed by atoms with E-state index < -0.39 is 6.04 Å². The van der Waals surface area contributed by atoms with Crippen LogP contribution in [0.15, 0.2) is 89.4 Å². The number of hydrogen-bond donors (Lipinski definition) is 1. The monoisotopic (exact) mass is 506 g/mol. The van der Waals surface area contributed by atoms with Gasteiger partial charge < -0.3 is 10.2 Å². The molecular formula is C28H31BrN2O2. The summed E-state index contributed by atoms with van der Waals surface area (Å²) in [4.78, 5) is 28.6. The molecule has 0 radical (unpaired) electrons. The zero-order chi connectivity index (χ0) is 23.6. The molecule has 0 saturated carbocycles. The molecule has 3 aromatic rings. The SMILES string of the molecule is CC(C)NC(=O)[C@@H](Cc1ccccc1)N(Cc1cccc(Br)c1)C(=O)CCc1ccccc1. The standard InChI is InChI=1S/C28H31BrN2O2/c1-21(2)30-28(33)26(19-23-12-7-4-8-13-23)31(20-24-14-9-15-25(29)18-24)27(32)17-16-22-10-5-3-6-11-22/h3-15,18,21,26H,16-17,19-20H2,1-2H3,(H,30,33)/t26-/m1/s1. The first-order chi connectivity index (χ1) is 15.9. The molecule has 3 rings (SSSR count). The zero-order valence-electron chi connectivity index (χ0n) is 19.2. The van der Waals surface area contributed by atoms with Gasteiger partial charge >= 0.3 is 0 Å². The highest BCUT2D eigenvalue weighted by atomic mass is 79.9. The van der Waals surface area contributed by atoms with E-state index in [-0.39, 0.29) is 17.9 Å². The molecule has 0 heterocycles. The third-order valence-electron chi connectivity index (χ3n) is 5.41. The molecule has 0 spiro atoms. The Balaban J connectivity index is 1.90. The van der Waals surface area contributed by atoms with E-state index in [4.69, 9.17) is 0 Å². The molecule has 0 aliphatic rings. The van der Waals surface area contributed by atoms with Gasteiger partial charge in [0.1, 0.15) is 6.04 Å². The predicted molar refractivity (Wildman–Crippen MR) is 137 cm³/mol. The van der Waals surface area contributed by atoms with Crippen molar-refractivity contribution in [2.24, 2.45) is 0 Å². The van der Waals surface area contributed by atoms with Gasteiger partial charge in [0.2, 0.25) is 11.8 Å². The number of nitrogens with one attached hydrogen (secondary N) is 1. The molecule has 3 aromatic carbocycles. The summed E-state index contributed by atoms with van der Waals surface area (Å²) < 4.78 is 0.947. The van der Waals surface area contributed by atoms with Crippen LogP contribution in [-0.4, -0.2) is 28.8 Å². The lowest BCUT2D eigenvalue weighted by Gasteiger charge is -2.32. The minimum atomic E-state index is -0.600. The van der Waals surface area contributed by atoms with Gasteiger partial charge in [0, 0.05) is 29.9 Å². The summed E-state index contributed by atoms with van der Waals surface area (Å²) in [5.41, 5.74) is 3.11. The minimum absolute atomic E-state index is 0.0112. The van der Waals surface area contributed by atoms with Crippen LogP contribution in [0.2, 0.25) is 0 Å². The van der Waals surface area contributed by atoms with Crippen LogP contribution < -0.4 is 5.32 Å². The van der Waals surface area contributed by atoms with Crippen LogP contribution >= 0.6 is 15.9 Å². The number of carbonyl (C=O) groups excluding carboxylic acids is 2. The Morgan fingerprint density at radius 3 is 2.06 bits per heavy atom. The van der Waals surface area contributed by atoms with Crippen molar-refractivity contribution in [3.05, 3.63) is 106 Å². The van der Waals surface area contributed by atoms with Crippen LogP contribution in [0.25, 0.3) is 0 Å². The van der Waals surface area contributed by atoms with E-state index in [1.165, 1.54) is 0 Å². The second-order valence-corrected chi connectivity index (χ2v) is 9.42. The second kappa shape index (κ2) is 12.4. The molecule has 5 heteroatoms. The summed E-state index contributed by atoms with van der Waals surface area (Å²) in [6.07, 6.45) is 1.45. The Morgan fingerprint density at radius 2 is 1.45 bits per heavy atom. The second-order valence-electron chi connectivity index (χ2n) is 8.51. The van der Waals surface area contributed by atoms with Gasteiger partial charge in [0.15, 0.2) is 0 Å². The highest BCUT2D eigenvalue weighted by Crippen LogP contribution is 2.19. The number of halogens is 1. The molecule has 0 aliphatic heterocycles. The molecule has 2 amide bonds. The van der Waals surface area contributed by atoms with Gasteiger partial charge in [-0.05, 0) is 49.1 Å². The van der Waals surface area contributed by atoms with Gasteiger partial charge in [0.25, 0.3) is 0 Å². The molecule has 0 aliphatic carbocycles. The van der Waals surface area contributed by atoms with E-state index >= 15 is 0 Å². The van der Waals surface area contributed by atoms with E-state index in [9.17, 15) is 9.59 Å². The number of nitrogens with zero attached hydrogens (tertiary/aromatic N) is 1. The average molecular weight is 507 g/mol. The van der Waals surface area contributed by atoms with Gasteiger partial charge in [0.05, 0.1) is 0 Å². The molecule has 0 saturated heterocycles.